The van der Waals surface area contributed by atoms with Crippen LogP contribution in [0.4, 0.5) is 11.4 Å². The monoisotopic (exact) mass is 363 g/mol. The molecule has 0 unspecified atom stereocenters. The maximum absolute atomic E-state index is 11.7. The summed E-state index contributed by atoms with van der Waals surface area (Å²) in [6.45, 7) is 1.72. The Bertz CT molecular complexity index is 929. The van der Waals surface area contributed by atoms with Crippen molar-refractivity contribution in [3.8, 4) is 17.4 Å². The number of rotatable bonds is 6. The van der Waals surface area contributed by atoms with Gasteiger partial charge in [0.2, 0.25) is 5.89 Å². The molecule has 0 aliphatic carbocycles. The molecule has 0 saturated carbocycles. The van der Waals surface area contributed by atoms with Crippen LogP contribution in [0.25, 0.3) is 11.5 Å². The average Bonchev–Trinajstić information content (AvgIpc) is 3.10. The molecule has 3 rings (SSSR count). The van der Waals surface area contributed by atoms with Crippen molar-refractivity contribution < 1.29 is 13.9 Å². The van der Waals surface area contributed by atoms with E-state index in [1.807, 2.05) is 73.6 Å². The van der Waals surface area contributed by atoms with Crippen molar-refractivity contribution in [2.24, 2.45) is 4.99 Å². The van der Waals surface area contributed by atoms with Crippen LogP contribution in [0.15, 0.2) is 64.0 Å². The van der Waals surface area contributed by atoms with Gasteiger partial charge in [0.25, 0.3) is 0 Å². The normalized spacial score (nSPS) is 10.9. The van der Waals surface area contributed by atoms with Gasteiger partial charge in [-0.1, -0.05) is 25.1 Å². The zero-order chi connectivity index (χ0) is 19.2. The number of oxazole rings is 1. The highest BCUT2D eigenvalue weighted by Gasteiger charge is 2.17. The number of carbonyl (C=O) groups excluding carboxylic acids is 1. The van der Waals surface area contributed by atoms with Crippen molar-refractivity contribution in [2.75, 3.05) is 19.0 Å². The van der Waals surface area contributed by atoms with E-state index >= 15 is 0 Å². The van der Waals surface area contributed by atoms with Gasteiger partial charge in [-0.25, -0.2) is 4.98 Å². The van der Waals surface area contributed by atoms with E-state index < -0.39 is 5.97 Å². The summed E-state index contributed by atoms with van der Waals surface area (Å²) in [5, 5.41) is 0. The molecule has 6 heteroatoms. The summed E-state index contributed by atoms with van der Waals surface area (Å²) in [7, 11) is 3.96. The van der Waals surface area contributed by atoms with Crippen LogP contribution < -0.4 is 9.64 Å². The van der Waals surface area contributed by atoms with Gasteiger partial charge in [-0.3, -0.25) is 9.79 Å². The van der Waals surface area contributed by atoms with E-state index in [9.17, 15) is 4.79 Å². The van der Waals surface area contributed by atoms with Crippen LogP contribution in [-0.4, -0.2) is 31.3 Å². The van der Waals surface area contributed by atoms with Gasteiger partial charge in [-0.2, -0.15) is 0 Å². The smallest absolute Gasteiger partial charge is 0.322 e. The second-order valence-corrected chi connectivity index (χ2v) is 6.05. The minimum absolute atomic E-state index is 0.0503. The second-order valence-electron chi connectivity index (χ2n) is 6.05. The molecule has 0 saturated heterocycles. The lowest BCUT2D eigenvalue weighted by atomic mass is 10.2. The molecule has 0 bridgehead atoms. The molecular formula is C21H21N3O3. The van der Waals surface area contributed by atoms with Crippen LogP contribution in [0.3, 0.4) is 0 Å². The molecule has 27 heavy (non-hydrogen) atoms. The number of aliphatic imine (C=N–C) groups is 1. The van der Waals surface area contributed by atoms with E-state index in [1.165, 1.54) is 0 Å². The second kappa shape index (κ2) is 8.31. The molecule has 0 atom stereocenters. The lowest BCUT2D eigenvalue weighted by Crippen LogP contribution is -2.07. The molecule has 1 heterocycles. The van der Waals surface area contributed by atoms with Crippen molar-refractivity contribution in [2.45, 2.75) is 13.3 Å². The van der Waals surface area contributed by atoms with Crippen molar-refractivity contribution in [3.63, 3.8) is 0 Å². The first-order chi connectivity index (χ1) is 13.1. The number of anilines is 1. The first-order valence-corrected chi connectivity index (χ1v) is 8.65. The predicted octanol–water partition coefficient (Wildman–Crippen LogP) is 4.47. The fourth-order valence-corrected chi connectivity index (χ4v) is 2.32. The van der Waals surface area contributed by atoms with Crippen molar-refractivity contribution in [3.05, 3.63) is 60.3 Å². The lowest BCUT2D eigenvalue weighted by molar-refractivity contribution is -0.135. The van der Waals surface area contributed by atoms with Crippen LogP contribution in [-0.2, 0) is 4.79 Å². The first-order valence-electron chi connectivity index (χ1n) is 8.65. The predicted molar refractivity (Wildman–Crippen MR) is 106 cm³/mol. The number of hydrogen-bond acceptors (Lipinski definition) is 6. The Kier molecular flexibility index (Phi) is 5.66. The van der Waals surface area contributed by atoms with E-state index in [0.29, 0.717) is 11.6 Å². The number of esters is 1. The van der Waals surface area contributed by atoms with Gasteiger partial charge in [0.1, 0.15) is 0 Å². The van der Waals surface area contributed by atoms with E-state index in [1.54, 1.807) is 13.1 Å². The number of hydrogen-bond donors (Lipinski definition) is 0. The standard InChI is InChI=1S/C21H21N3O3/c1-4-19(25)26-21-18(23-20(27-21)15-8-6-5-7-9-15)14-22-16-10-12-17(13-11-16)24(2)3/h5-14H,4H2,1-3H3. The van der Waals surface area contributed by atoms with E-state index in [2.05, 4.69) is 9.98 Å². The summed E-state index contributed by atoms with van der Waals surface area (Å²) in [4.78, 5) is 22.6. The number of aromatic nitrogens is 1. The molecule has 0 N–H and O–H groups in total. The minimum atomic E-state index is -0.393. The van der Waals surface area contributed by atoms with Crippen LogP contribution in [0.2, 0.25) is 0 Å². The Morgan fingerprint density at radius 2 is 1.85 bits per heavy atom. The van der Waals surface area contributed by atoms with Crippen molar-refractivity contribution in [1.29, 1.82) is 0 Å². The molecule has 0 radical (unpaired) electrons. The molecule has 0 aliphatic heterocycles. The van der Waals surface area contributed by atoms with Gasteiger partial charge in [0.05, 0.1) is 11.9 Å². The molecule has 0 fully saturated rings. The third kappa shape index (κ3) is 4.61. The Balaban J connectivity index is 1.90. The fourth-order valence-electron chi connectivity index (χ4n) is 2.32. The molecule has 2 aromatic carbocycles. The van der Waals surface area contributed by atoms with Crippen molar-refractivity contribution >= 4 is 23.6 Å². The average molecular weight is 363 g/mol. The zero-order valence-electron chi connectivity index (χ0n) is 15.5. The Labute approximate surface area is 158 Å². The van der Waals surface area contributed by atoms with Gasteiger partial charge in [0, 0.05) is 31.8 Å². The molecule has 1 aromatic heterocycles. The van der Waals surface area contributed by atoms with Crippen LogP contribution in [0, 0.1) is 0 Å². The Hall–Kier alpha value is -3.41. The molecule has 138 valence electrons. The highest BCUT2D eigenvalue weighted by atomic mass is 16.6. The maximum atomic E-state index is 11.7. The molecule has 0 aliphatic rings. The third-order valence-electron chi connectivity index (χ3n) is 3.84. The van der Waals surface area contributed by atoms with Crippen LogP contribution in [0.1, 0.15) is 19.0 Å². The highest BCUT2D eigenvalue weighted by molar-refractivity contribution is 5.85. The van der Waals surface area contributed by atoms with Crippen LogP contribution >= 0.6 is 0 Å². The SMILES string of the molecule is CCC(=O)Oc1oc(-c2ccccc2)nc1C=Nc1ccc(N(C)C)cc1. The lowest BCUT2D eigenvalue weighted by Gasteiger charge is -2.11. The van der Waals surface area contributed by atoms with Gasteiger partial charge in [0.15, 0.2) is 5.69 Å². The largest absolute Gasteiger partial charge is 0.405 e. The molecule has 3 aromatic rings. The highest BCUT2D eigenvalue weighted by Crippen LogP contribution is 2.27. The molecule has 0 spiro atoms. The zero-order valence-corrected chi connectivity index (χ0v) is 15.5. The van der Waals surface area contributed by atoms with E-state index in [4.69, 9.17) is 9.15 Å². The Morgan fingerprint density at radius 1 is 1.15 bits per heavy atom. The van der Waals surface area contributed by atoms with Gasteiger partial charge < -0.3 is 14.1 Å². The summed E-state index contributed by atoms with van der Waals surface area (Å²) in [6.07, 6.45) is 1.78. The van der Waals surface area contributed by atoms with Gasteiger partial charge >= 0.3 is 11.9 Å². The Morgan fingerprint density at radius 3 is 2.48 bits per heavy atom. The molecule has 6 nitrogen and oxygen atoms in total. The van der Waals surface area contributed by atoms with Gasteiger partial charge in [-0.05, 0) is 36.4 Å². The summed E-state index contributed by atoms with van der Waals surface area (Å²) in [6, 6.07) is 17.2. The first kappa shape index (κ1) is 18.4. The fraction of sp³-hybridized carbons (Fsp3) is 0.190. The van der Waals surface area contributed by atoms with E-state index in [-0.39, 0.29) is 12.4 Å². The van der Waals surface area contributed by atoms with Crippen molar-refractivity contribution in [1.82, 2.24) is 4.98 Å². The summed E-state index contributed by atoms with van der Waals surface area (Å²) < 4.78 is 10.9. The maximum Gasteiger partial charge on any atom is 0.322 e. The third-order valence-corrected chi connectivity index (χ3v) is 3.84. The topological polar surface area (TPSA) is 67.9 Å². The quantitative estimate of drug-likeness (QED) is 0.477. The van der Waals surface area contributed by atoms with E-state index in [0.717, 1.165) is 16.9 Å². The summed E-state index contributed by atoms with van der Waals surface area (Å²) >= 11 is 0. The number of benzene rings is 2. The van der Waals surface area contributed by atoms with Gasteiger partial charge in [-0.15, -0.1) is 0 Å². The molecular weight excluding hydrogens is 342 g/mol. The number of carbonyl (C=O) groups is 1. The number of nitrogens with zero attached hydrogens (tertiary/aromatic N) is 3. The summed E-state index contributed by atoms with van der Waals surface area (Å²) in [5.74, 6) is 0.0315. The minimum Gasteiger partial charge on any atom is -0.405 e. The molecule has 0 amide bonds. The summed E-state index contributed by atoms with van der Waals surface area (Å²) in [5.41, 5.74) is 3.01. The number of ether oxygens (including phenoxy) is 1. The van der Waals surface area contributed by atoms with Crippen LogP contribution in [0.5, 0.6) is 5.95 Å².